The molecule has 10 heteroatoms. The third kappa shape index (κ3) is 6.95. The lowest BCUT2D eigenvalue weighted by Gasteiger charge is -2.08. The van der Waals surface area contributed by atoms with Crippen molar-refractivity contribution in [1.29, 1.82) is 0 Å². The molecule has 1 heterocycles. The summed E-state index contributed by atoms with van der Waals surface area (Å²) in [5.41, 5.74) is 18.1. The summed E-state index contributed by atoms with van der Waals surface area (Å²) in [6, 6.07) is 12.7. The van der Waals surface area contributed by atoms with E-state index in [0.717, 1.165) is 44.5 Å². The Balaban J connectivity index is 1.45. The number of hydrogen-bond acceptors (Lipinski definition) is 7. The molecular formula is C24H30ClN7O2. The highest BCUT2D eigenvalue weighted by Gasteiger charge is 2.16. The van der Waals surface area contributed by atoms with Crippen LogP contribution in [0.15, 0.2) is 41.4 Å². The van der Waals surface area contributed by atoms with E-state index in [2.05, 4.69) is 57.5 Å². The zero-order chi connectivity index (χ0) is 24.5. The number of nitrogens with two attached hydrogens (primary N) is 3. The Morgan fingerprint density at radius 3 is 2.62 bits per heavy atom. The summed E-state index contributed by atoms with van der Waals surface area (Å²) < 4.78 is 5.79. The van der Waals surface area contributed by atoms with Crippen molar-refractivity contribution in [3.63, 3.8) is 0 Å². The maximum absolute atomic E-state index is 12.2. The monoisotopic (exact) mass is 483 g/mol. The molecule has 34 heavy (non-hydrogen) atoms. The number of carbonyl (C=O) groups excluding carboxylic acids is 1. The lowest BCUT2D eigenvalue weighted by atomic mass is 10.0. The fourth-order valence-corrected chi connectivity index (χ4v) is 3.44. The summed E-state index contributed by atoms with van der Waals surface area (Å²) in [6.07, 6.45) is 4.84. The second kappa shape index (κ2) is 12.0. The molecule has 0 bridgehead atoms. The van der Waals surface area contributed by atoms with Crippen molar-refractivity contribution < 1.29 is 9.53 Å². The minimum absolute atomic E-state index is 0.0261. The predicted octanol–water partition coefficient (Wildman–Crippen LogP) is 3.69. The molecule has 0 aliphatic carbocycles. The van der Waals surface area contributed by atoms with Crippen LogP contribution in [0.1, 0.15) is 48.7 Å². The number of anilines is 2. The van der Waals surface area contributed by atoms with Gasteiger partial charge in [-0.15, -0.1) is 0 Å². The van der Waals surface area contributed by atoms with Crippen LogP contribution in [-0.2, 0) is 6.42 Å². The zero-order valence-electron chi connectivity index (χ0n) is 19.2. The fourth-order valence-electron chi connectivity index (χ4n) is 3.32. The van der Waals surface area contributed by atoms with Crippen LogP contribution < -0.4 is 27.3 Å². The number of halogens is 1. The number of guanidine groups is 1. The number of aryl methyl sites for hydroxylation is 1. The third-order valence-electron chi connectivity index (χ3n) is 5.16. The highest BCUT2D eigenvalue weighted by molar-refractivity contribution is 6.31. The molecule has 9 nitrogen and oxygen atoms in total. The van der Waals surface area contributed by atoms with Gasteiger partial charge in [0.15, 0.2) is 28.4 Å². The molecule has 0 aliphatic heterocycles. The topological polar surface area (TPSA) is 155 Å². The Labute approximate surface area is 203 Å². The Bertz CT molecular complexity index is 1180. The van der Waals surface area contributed by atoms with Crippen molar-refractivity contribution in [2.24, 2.45) is 10.7 Å². The van der Waals surface area contributed by atoms with Crippen molar-refractivity contribution in [2.75, 3.05) is 24.6 Å². The van der Waals surface area contributed by atoms with Crippen LogP contribution in [0.2, 0.25) is 5.15 Å². The van der Waals surface area contributed by atoms with Crippen LogP contribution in [-0.4, -0.2) is 35.0 Å². The number of nitrogens with zero attached hydrogens (tertiary/aromatic N) is 3. The number of aromatic nitrogens is 2. The van der Waals surface area contributed by atoms with Crippen LogP contribution in [0.3, 0.4) is 0 Å². The van der Waals surface area contributed by atoms with E-state index in [0.29, 0.717) is 6.54 Å². The normalized spacial score (nSPS) is 11.5. The van der Waals surface area contributed by atoms with Gasteiger partial charge in [0.05, 0.1) is 6.61 Å². The van der Waals surface area contributed by atoms with E-state index < -0.39 is 5.91 Å². The van der Waals surface area contributed by atoms with Crippen molar-refractivity contribution in [1.82, 2.24) is 15.3 Å². The number of rotatable bonds is 10. The molecule has 0 unspecified atom stereocenters. The summed E-state index contributed by atoms with van der Waals surface area (Å²) in [7, 11) is 0. The van der Waals surface area contributed by atoms with Gasteiger partial charge in [0, 0.05) is 6.54 Å². The van der Waals surface area contributed by atoms with Crippen molar-refractivity contribution in [3.8, 4) is 5.75 Å². The smallest absolute Gasteiger partial charge is 0.280 e. The van der Waals surface area contributed by atoms with Gasteiger partial charge < -0.3 is 21.9 Å². The van der Waals surface area contributed by atoms with Gasteiger partial charge in [-0.05, 0) is 54.2 Å². The van der Waals surface area contributed by atoms with Gasteiger partial charge in [-0.1, -0.05) is 49.2 Å². The summed E-state index contributed by atoms with van der Waals surface area (Å²) in [6.45, 7) is 3.37. The van der Waals surface area contributed by atoms with E-state index in [9.17, 15) is 4.79 Å². The quantitative estimate of drug-likeness (QED) is 0.194. The number of nitrogen functional groups attached to an aromatic ring is 2. The first-order chi connectivity index (χ1) is 16.4. The number of amides is 1. The Kier molecular flexibility index (Phi) is 8.86. The maximum atomic E-state index is 12.2. The first kappa shape index (κ1) is 25.0. The molecule has 180 valence electrons. The molecule has 2 aromatic carbocycles. The van der Waals surface area contributed by atoms with E-state index in [4.69, 9.17) is 33.5 Å². The Morgan fingerprint density at radius 2 is 1.82 bits per heavy atom. The van der Waals surface area contributed by atoms with Crippen molar-refractivity contribution in [2.45, 2.75) is 39.0 Å². The molecule has 0 fully saturated rings. The minimum atomic E-state index is -0.650. The maximum Gasteiger partial charge on any atom is 0.280 e. The molecule has 0 radical (unpaired) electrons. The molecule has 0 atom stereocenters. The molecule has 3 aromatic rings. The van der Waals surface area contributed by atoms with Gasteiger partial charge in [0.25, 0.3) is 5.91 Å². The number of nitrogens with one attached hydrogen (secondary N) is 1. The number of aliphatic imine (C=N–C) groups is 1. The average Bonchev–Trinajstić information content (AvgIpc) is 2.81. The average molecular weight is 484 g/mol. The number of ether oxygens (including phenoxy) is 1. The number of unbranched alkanes of at least 4 members (excludes halogenated alkanes) is 2. The van der Waals surface area contributed by atoms with E-state index in [1.165, 1.54) is 16.3 Å². The molecule has 0 aliphatic rings. The largest absolute Gasteiger partial charge is 0.494 e. The highest BCUT2D eigenvalue weighted by atomic mass is 35.5. The number of hydrogen-bond donors (Lipinski definition) is 4. The fraction of sp³-hybridized carbons (Fsp3) is 0.333. The molecule has 0 saturated carbocycles. The lowest BCUT2D eigenvalue weighted by Crippen LogP contribution is -2.38. The predicted molar refractivity (Wildman–Crippen MR) is 137 cm³/mol. The van der Waals surface area contributed by atoms with Gasteiger partial charge in [0.2, 0.25) is 0 Å². The Hall–Kier alpha value is -3.59. The van der Waals surface area contributed by atoms with Gasteiger partial charge in [0.1, 0.15) is 5.75 Å². The molecule has 3 rings (SSSR count). The zero-order valence-corrected chi connectivity index (χ0v) is 19.9. The number of fused-ring (bicyclic) bond motifs is 1. The second-order valence-electron chi connectivity index (χ2n) is 7.86. The van der Waals surface area contributed by atoms with Gasteiger partial charge in [-0.3, -0.25) is 15.1 Å². The van der Waals surface area contributed by atoms with Crippen molar-refractivity contribution in [3.05, 3.63) is 52.8 Å². The van der Waals surface area contributed by atoms with E-state index in [1.807, 2.05) is 6.07 Å². The first-order valence-corrected chi connectivity index (χ1v) is 11.6. The third-order valence-corrected chi connectivity index (χ3v) is 5.44. The summed E-state index contributed by atoms with van der Waals surface area (Å²) in [4.78, 5) is 24.0. The molecule has 0 spiro atoms. The summed E-state index contributed by atoms with van der Waals surface area (Å²) in [5, 5.41) is 4.68. The first-order valence-electron chi connectivity index (χ1n) is 11.2. The van der Waals surface area contributed by atoms with E-state index in [-0.39, 0.29) is 28.4 Å². The van der Waals surface area contributed by atoms with Crippen LogP contribution in [0, 0.1) is 0 Å². The summed E-state index contributed by atoms with van der Waals surface area (Å²) >= 11 is 5.80. The minimum Gasteiger partial charge on any atom is -0.494 e. The highest BCUT2D eigenvalue weighted by Crippen LogP contribution is 2.23. The van der Waals surface area contributed by atoms with Crippen molar-refractivity contribution >= 4 is 45.9 Å². The Morgan fingerprint density at radius 1 is 1.06 bits per heavy atom. The summed E-state index contributed by atoms with van der Waals surface area (Å²) in [5.74, 6) is 0.0447. The van der Waals surface area contributed by atoms with Gasteiger partial charge >= 0.3 is 0 Å². The molecule has 1 amide bonds. The van der Waals surface area contributed by atoms with Crippen LogP contribution in [0.25, 0.3) is 10.8 Å². The number of carbonyl (C=O) groups is 1. The van der Waals surface area contributed by atoms with Crippen LogP contribution >= 0.6 is 11.6 Å². The van der Waals surface area contributed by atoms with E-state index >= 15 is 0 Å². The second-order valence-corrected chi connectivity index (χ2v) is 8.22. The lowest BCUT2D eigenvalue weighted by molar-refractivity contribution is 0.0972. The van der Waals surface area contributed by atoms with E-state index in [1.54, 1.807) is 0 Å². The number of benzene rings is 2. The SMILES string of the molecule is CCCCOc1ccc2cc(CCCCN=C(N)NC(=O)c3nc(Cl)c(N)nc3N)ccc2c1. The van der Waals surface area contributed by atoms with Gasteiger partial charge in [-0.25, -0.2) is 9.97 Å². The van der Waals surface area contributed by atoms with Gasteiger partial charge in [-0.2, -0.15) is 0 Å². The molecule has 0 saturated heterocycles. The molecule has 7 N–H and O–H groups in total. The standard InChI is InChI=1S/C24H30ClN7O2/c1-2-3-12-34-18-10-9-16-13-15(7-8-17(16)14-18)6-4-5-11-29-24(28)32-23(33)19-21(26)31-22(27)20(25)30-19/h7-10,13-14H,2-6,11-12H2,1H3,(H4,26,27,31)(H3,28,29,32,33). The molecular weight excluding hydrogens is 454 g/mol. The van der Waals surface area contributed by atoms with Crippen LogP contribution in [0.4, 0.5) is 11.6 Å². The van der Waals surface area contributed by atoms with Crippen LogP contribution in [0.5, 0.6) is 5.75 Å². The molecule has 1 aromatic heterocycles.